The van der Waals surface area contributed by atoms with Crippen LogP contribution in [0.3, 0.4) is 0 Å². The van der Waals surface area contributed by atoms with Gasteiger partial charge in [-0.05, 0) is 115 Å². The smallest absolute Gasteiger partial charge is 0.137 e. The lowest BCUT2D eigenvalue weighted by Gasteiger charge is -2.33. The third-order valence-corrected chi connectivity index (χ3v) is 13.7. The van der Waals surface area contributed by atoms with Crippen LogP contribution in [-0.4, -0.2) is 0 Å². The van der Waals surface area contributed by atoms with E-state index in [0.717, 1.165) is 77.5 Å². The van der Waals surface area contributed by atoms with Crippen LogP contribution in [0.25, 0.3) is 88.0 Å². The molecule has 2 aliphatic rings. The normalized spacial score (nSPS) is 13.3. The molecule has 14 rings (SSSR count). The van der Waals surface area contributed by atoms with Gasteiger partial charge in [-0.25, -0.2) is 0 Å². The molecule has 0 radical (unpaired) electrons. The molecule has 3 heteroatoms. The highest BCUT2D eigenvalue weighted by molar-refractivity contribution is 6.18. The molecule has 0 N–H and O–H groups in total. The molecule has 0 saturated carbocycles. The molecule has 0 fully saturated rings. The largest absolute Gasteiger partial charge is 0.456 e. The molecule has 0 aliphatic heterocycles. The van der Waals surface area contributed by atoms with Crippen molar-refractivity contribution in [1.82, 2.24) is 0 Å². The van der Waals surface area contributed by atoms with E-state index < -0.39 is 5.41 Å². The van der Waals surface area contributed by atoms with Crippen LogP contribution in [0.5, 0.6) is 0 Å². The second-order valence-electron chi connectivity index (χ2n) is 16.7. The summed E-state index contributed by atoms with van der Waals surface area (Å²) < 4.78 is 13.2. The Morgan fingerprint density at radius 2 is 0.823 bits per heavy atom. The highest BCUT2D eigenvalue weighted by Crippen LogP contribution is 2.63. The monoisotopic (exact) mass is 789 g/mol. The fourth-order valence-electron chi connectivity index (χ4n) is 11.2. The molecule has 12 aromatic rings. The molecule has 62 heavy (non-hydrogen) atoms. The maximum atomic E-state index is 6.65. The van der Waals surface area contributed by atoms with Crippen LogP contribution < -0.4 is 4.90 Å². The van der Waals surface area contributed by atoms with Crippen LogP contribution in [0.4, 0.5) is 17.1 Å². The van der Waals surface area contributed by atoms with E-state index >= 15 is 0 Å². The predicted molar refractivity (Wildman–Crippen MR) is 255 cm³/mol. The lowest BCUT2D eigenvalue weighted by molar-refractivity contribution is 0.669. The lowest BCUT2D eigenvalue weighted by atomic mass is 9.70. The van der Waals surface area contributed by atoms with Crippen LogP contribution in [0.2, 0.25) is 0 Å². The molecule has 0 saturated heterocycles. The molecule has 0 atom stereocenters. The van der Waals surface area contributed by atoms with Crippen LogP contribution >= 0.6 is 0 Å². The molecule has 0 amide bonds. The summed E-state index contributed by atoms with van der Waals surface area (Å²) >= 11 is 0. The van der Waals surface area contributed by atoms with Crippen molar-refractivity contribution in [1.29, 1.82) is 0 Å². The Morgan fingerprint density at radius 3 is 1.56 bits per heavy atom. The maximum absolute atomic E-state index is 6.65. The average Bonchev–Trinajstić information content (AvgIpc) is 4.06. The van der Waals surface area contributed by atoms with Crippen molar-refractivity contribution in [3.63, 3.8) is 0 Å². The van der Waals surface area contributed by atoms with E-state index in [0.29, 0.717) is 0 Å². The highest BCUT2D eigenvalue weighted by Gasteiger charge is 2.51. The van der Waals surface area contributed by atoms with Gasteiger partial charge in [-0.1, -0.05) is 158 Å². The zero-order valence-corrected chi connectivity index (χ0v) is 33.5. The average molecular weight is 790 g/mol. The van der Waals surface area contributed by atoms with Crippen molar-refractivity contribution >= 4 is 71.7 Å². The number of hydrogen-bond acceptors (Lipinski definition) is 3. The summed E-state index contributed by atoms with van der Waals surface area (Å²) in [6.07, 6.45) is 0. The summed E-state index contributed by atoms with van der Waals surface area (Å²) in [4.78, 5) is 2.47. The van der Waals surface area contributed by atoms with Crippen molar-refractivity contribution in [2.45, 2.75) is 5.41 Å². The SMILES string of the molecule is c1ccc(N(c2ccc3c(c2)C2(c4ccccc4-c4ccccc42)c2ccccc2-3)c2cccc3oc4ccccc4c23)c(-c2cccc3oc4cc5ccccc5cc4c23)c1. The first-order chi connectivity index (χ1) is 30.8. The van der Waals surface area contributed by atoms with E-state index in [9.17, 15) is 0 Å². The number of nitrogens with zero attached hydrogens (tertiary/aromatic N) is 1. The molecule has 10 aromatic carbocycles. The Morgan fingerprint density at radius 1 is 0.306 bits per heavy atom. The number of para-hydroxylation sites is 2. The fourth-order valence-corrected chi connectivity index (χ4v) is 11.2. The Balaban J connectivity index is 1.08. The van der Waals surface area contributed by atoms with Gasteiger partial charge in [0.25, 0.3) is 0 Å². The minimum Gasteiger partial charge on any atom is -0.456 e. The second kappa shape index (κ2) is 12.4. The molecule has 3 nitrogen and oxygen atoms in total. The lowest BCUT2D eigenvalue weighted by Crippen LogP contribution is -2.26. The van der Waals surface area contributed by atoms with E-state index in [1.165, 1.54) is 49.9 Å². The molecular formula is C59H35NO2. The van der Waals surface area contributed by atoms with Gasteiger partial charge in [0.1, 0.15) is 22.3 Å². The first kappa shape index (κ1) is 33.7. The number of hydrogen-bond donors (Lipinski definition) is 0. The molecular weight excluding hydrogens is 755 g/mol. The van der Waals surface area contributed by atoms with Crippen molar-refractivity contribution in [3.05, 3.63) is 235 Å². The molecule has 2 aromatic heterocycles. The predicted octanol–water partition coefficient (Wildman–Crippen LogP) is 16.1. The summed E-state index contributed by atoms with van der Waals surface area (Å²) in [5, 5.41) is 6.72. The summed E-state index contributed by atoms with van der Waals surface area (Å²) in [7, 11) is 0. The maximum Gasteiger partial charge on any atom is 0.137 e. The molecule has 1 spiro atoms. The van der Waals surface area contributed by atoms with Crippen LogP contribution in [0.15, 0.2) is 221 Å². The van der Waals surface area contributed by atoms with E-state index in [-0.39, 0.29) is 0 Å². The van der Waals surface area contributed by atoms with Crippen LogP contribution in [-0.2, 0) is 5.41 Å². The Bertz CT molecular complexity index is 3780. The zero-order chi connectivity index (χ0) is 40.5. The first-order valence-corrected chi connectivity index (χ1v) is 21.3. The molecule has 2 heterocycles. The highest BCUT2D eigenvalue weighted by atomic mass is 16.3. The number of anilines is 3. The first-order valence-electron chi connectivity index (χ1n) is 21.3. The Labute approximate surface area is 357 Å². The van der Waals surface area contributed by atoms with Gasteiger partial charge in [-0.3, -0.25) is 0 Å². The third kappa shape index (κ3) is 4.39. The van der Waals surface area contributed by atoms with Gasteiger partial charge in [0.15, 0.2) is 0 Å². The summed E-state index contributed by atoms with van der Waals surface area (Å²) in [5.41, 5.74) is 18.8. The van der Waals surface area contributed by atoms with Crippen LogP contribution in [0, 0.1) is 0 Å². The molecule has 0 bridgehead atoms. The third-order valence-electron chi connectivity index (χ3n) is 13.7. The quantitative estimate of drug-likeness (QED) is 0.178. The summed E-state index contributed by atoms with van der Waals surface area (Å²) in [5.74, 6) is 0. The standard InChI is InChI=1S/C59H35NO2/c1-2-16-37-34-56-46(33-36(37)15-1)57-44(22-13-29-54(57)62-56)43-20-6-11-26-51(43)60(52-27-14-30-55-58(52)45-21-7-12-28-53(45)61-55)38-31-32-42-41-19-5-10-25-49(41)59(50(42)35-38)47-23-8-3-17-39(47)40-18-4-9-24-48(40)59/h1-35H. The molecule has 288 valence electrons. The van der Waals surface area contributed by atoms with Crippen molar-refractivity contribution < 1.29 is 8.83 Å². The number of furan rings is 2. The van der Waals surface area contributed by atoms with Gasteiger partial charge in [0.05, 0.1) is 22.2 Å². The van der Waals surface area contributed by atoms with Crippen LogP contribution in [0.1, 0.15) is 22.3 Å². The number of rotatable bonds is 4. The van der Waals surface area contributed by atoms with Gasteiger partial charge in [-0.15, -0.1) is 0 Å². The fraction of sp³-hybridized carbons (Fsp3) is 0.0169. The van der Waals surface area contributed by atoms with Gasteiger partial charge in [0, 0.05) is 27.4 Å². The van der Waals surface area contributed by atoms with Gasteiger partial charge in [0.2, 0.25) is 0 Å². The van der Waals surface area contributed by atoms with E-state index in [4.69, 9.17) is 8.83 Å². The van der Waals surface area contributed by atoms with Gasteiger partial charge < -0.3 is 13.7 Å². The zero-order valence-electron chi connectivity index (χ0n) is 33.5. The second-order valence-corrected chi connectivity index (χ2v) is 16.7. The van der Waals surface area contributed by atoms with Crippen molar-refractivity contribution in [2.75, 3.05) is 4.90 Å². The number of benzene rings is 10. The molecule has 0 unspecified atom stereocenters. The molecule has 2 aliphatic carbocycles. The Kier molecular flexibility index (Phi) is 6.76. The van der Waals surface area contributed by atoms with Crippen molar-refractivity contribution in [2.24, 2.45) is 0 Å². The van der Waals surface area contributed by atoms with E-state index in [1.807, 2.05) is 6.07 Å². The topological polar surface area (TPSA) is 29.5 Å². The van der Waals surface area contributed by atoms with Gasteiger partial charge in [-0.2, -0.15) is 0 Å². The summed E-state index contributed by atoms with van der Waals surface area (Å²) in [6, 6.07) is 77.4. The Hall–Kier alpha value is -8.14. The minimum absolute atomic E-state index is 0.487. The van der Waals surface area contributed by atoms with E-state index in [2.05, 4.69) is 211 Å². The van der Waals surface area contributed by atoms with E-state index in [1.54, 1.807) is 0 Å². The van der Waals surface area contributed by atoms with Gasteiger partial charge >= 0.3 is 0 Å². The minimum atomic E-state index is -0.487. The van der Waals surface area contributed by atoms with Crippen molar-refractivity contribution in [3.8, 4) is 33.4 Å². The number of fused-ring (bicyclic) bond motifs is 17. The summed E-state index contributed by atoms with van der Waals surface area (Å²) in [6.45, 7) is 0.